The van der Waals surface area contributed by atoms with Crippen LogP contribution in [0.4, 0.5) is 0 Å². The van der Waals surface area contributed by atoms with Crippen molar-refractivity contribution in [3.05, 3.63) is 17.5 Å². The third-order valence-electron chi connectivity index (χ3n) is 2.35. The van der Waals surface area contributed by atoms with Crippen LogP contribution < -0.4 is 0 Å². The van der Waals surface area contributed by atoms with Gasteiger partial charge in [-0.05, 0) is 24.8 Å². The fourth-order valence-electron chi connectivity index (χ4n) is 1.75. The first-order chi connectivity index (χ1) is 6.33. The standard InChI is InChI=1S/C8H8N4O/c13-8-10-7-9-6-3-1-2-5(6)4-12(7)11-8/h4H,1-3H2,(H,11,13). The van der Waals surface area contributed by atoms with Crippen molar-refractivity contribution in [2.45, 2.75) is 19.3 Å². The summed E-state index contributed by atoms with van der Waals surface area (Å²) in [6.07, 6.45) is 5.12. The first kappa shape index (κ1) is 6.82. The van der Waals surface area contributed by atoms with Crippen molar-refractivity contribution in [2.24, 2.45) is 0 Å². The molecule has 13 heavy (non-hydrogen) atoms. The SMILES string of the molecule is Oc1nc2nc3c(cn2n1)CCC3. The average Bonchev–Trinajstić information content (AvgIpc) is 2.63. The van der Waals surface area contributed by atoms with Crippen LogP contribution >= 0.6 is 0 Å². The zero-order valence-electron chi connectivity index (χ0n) is 6.93. The van der Waals surface area contributed by atoms with Gasteiger partial charge in [0.05, 0.1) is 0 Å². The second-order valence-electron chi connectivity index (χ2n) is 3.22. The van der Waals surface area contributed by atoms with Crippen LogP contribution in [0.15, 0.2) is 6.20 Å². The van der Waals surface area contributed by atoms with Gasteiger partial charge >= 0.3 is 6.01 Å². The van der Waals surface area contributed by atoms with Crippen molar-refractivity contribution in [1.29, 1.82) is 0 Å². The Morgan fingerprint density at radius 3 is 3.15 bits per heavy atom. The number of nitrogens with zero attached hydrogens (tertiary/aromatic N) is 4. The van der Waals surface area contributed by atoms with Crippen LogP contribution in [-0.4, -0.2) is 24.7 Å². The molecule has 1 N–H and O–H groups in total. The molecular weight excluding hydrogens is 168 g/mol. The lowest BCUT2D eigenvalue weighted by molar-refractivity contribution is 0.431. The van der Waals surface area contributed by atoms with Crippen LogP contribution in [-0.2, 0) is 12.8 Å². The van der Waals surface area contributed by atoms with Crippen molar-refractivity contribution in [1.82, 2.24) is 19.6 Å². The van der Waals surface area contributed by atoms with Gasteiger partial charge in [-0.15, -0.1) is 5.10 Å². The van der Waals surface area contributed by atoms with Crippen LogP contribution in [0, 0.1) is 0 Å². The molecule has 0 spiro atoms. The van der Waals surface area contributed by atoms with E-state index < -0.39 is 0 Å². The summed E-state index contributed by atoms with van der Waals surface area (Å²) in [6, 6.07) is -0.212. The van der Waals surface area contributed by atoms with E-state index in [-0.39, 0.29) is 6.01 Å². The number of hydrogen-bond donors (Lipinski definition) is 1. The molecule has 2 aromatic rings. The number of rotatable bonds is 0. The molecule has 0 unspecified atom stereocenters. The molecule has 0 saturated heterocycles. The maximum atomic E-state index is 9.05. The van der Waals surface area contributed by atoms with Gasteiger partial charge < -0.3 is 5.11 Å². The minimum atomic E-state index is -0.212. The third-order valence-corrected chi connectivity index (χ3v) is 2.35. The van der Waals surface area contributed by atoms with Gasteiger partial charge in [-0.2, -0.15) is 4.98 Å². The van der Waals surface area contributed by atoms with Gasteiger partial charge in [-0.3, -0.25) is 0 Å². The van der Waals surface area contributed by atoms with Gasteiger partial charge in [0.2, 0.25) is 0 Å². The van der Waals surface area contributed by atoms with E-state index >= 15 is 0 Å². The molecule has 0 saturated carbocycles. The Morgan fingerprint density at radius 2 is 2.23 bits per heavy atom. The van der Waals surface area contributed by atoms with Gasteiger partial charge in [0.25, 0.3) is 5.78 Å². The molecule has 5 heteroatoms. The fourth-order valence-corrected chi connectivity index (χ4v) is 1.75. The molecule has 2 heterocycles. The molecule has 0 radical (unpaired) electrons. The maximum absolute atomic E-state index is 9.05. The van der Waals surface area contributed by atoms with Crippen molar-refractivity contribution >= 4 is 5.78 Å². The summed E-state index contributed by atoms with van der Waals surface area (Å²) < 4.78 is 1.53. The third kappa shape index (κ3) is 0.898. The zero-order valence-corrected chi connectivity index (χ0v) is 6.93. The predicted octanol–water partition coefficient (Wildman–Crippen LogP) is 0.319. The maximum Gasteiger partial charge on any atom is 0.335 e. The molecule has 0 amide bonds. The Hall–Kier alpha value is -1.65. The van der Waals surface area contributed by atoms with Crippen LogP contribution in [0.5, 0.6) is 6.01 Å². The zero-order chi connectivity index (χ0) is 8.84. The van der Waals surface area contributed by atoms with E-state index in [1.54, 1.807) is 0 Å². The molecule has 5 nitrogen and oxygen atoms in total. The lowest BCUT2D eigenvalue weighted by Crippen LogP contribution is -1.96. The lowest BCUT2D eigenvalue weighted by atomic mass is 10.3. The van der Waals surface area contributed by atoms with E-state index in [2.05, 4.69) is 15.1 Å². The number of aryl methyl sites for hydroxylation is 2. The number of hydrogen-bond acceptors (Lipinski definition) is 4. The van der Waals surface area contributed by atoms with E-state index in [1.807, 2.05) is 6.20 Å². The predicted molar refractivity (Wildman–Crippen MR) is 44.5 cm³/mol. The molecule has 0 aromatic carbocycles. The average molecular weight is 176 g/mol. The quantitative estimate of drug-likeness (QED) is 0.627. The molecule has 2 aromatic heterocycles. The van der Waals surface area contributed by atoms with Crippen molar-refractivity contribution < 1.29 is 5.11 Å². The minimum absolute atomic E-state index is 0.212. The largest absolute Gasteiger partial charge is 0.478 e. The molecule has 0 bridgehead atoms. The summed E-state index contributed by atoms with van der Waals surface area (Å²) in [5.74, 6) is 0.484. The number of aromatic nitrogens is 4. The van der Waals surface area contributed by atoms with Crippen LogP contribution in [0.25, 0.3) is 5.78 Å². The topological polar surface area (TPSA) is 63.3 Å². The molecule has 0 aliphatic heterocycles. The summed E-state index contributed by atoms with van der Waals surface area (Å²) in [5.41, 5.74) is 2.32. The van der Waals surface area contributed by atoms with Gasteiger partial charge in [-0.25, -0.2) is 9.50 Å². The number of fused-ring (bicyclic) bond motifs is 2. The van der Waals surface area contributed by atoms with E-state index in [1.165, 1.54) is 10.1 Å². The molecule has 0 atom stereocenters. The second-order valence-corrected chi connectivity index (χ2v) is 3.22. The van der Waals surface area contributed by atoms with Gasteiger partial charge in [-0.1, -0.05) is 0 Å². The Morgan fingerprint density at radius 1 is 1.31 bits per heavy atom. The van der Waals surface area contributed by atoms with E-state index in [0.29, 0.717) is 5.78 Å². The van der Waals surface area contributed by atoms with E-state index in [0.717, 1.165) is 25.0 Å². The summed E-state index contributed by atoms with van der Waals surface area (Å²) in [5, 5.41) is 12.8. The highest BCUT2D eigenvalue weighted by Crippen LogP contribution is 2.20. The van der Waals surface area contributed by atoms with Gasteiger partial charge in [0.15, 0.2) is 0 Å². The summed E-state index contributed by atoms with van der Waals surface area (Å²) in [7, 11) is 0. The second kappa shape index (κ2) is 2.18. The summed E-state index contributed by atoms with van der Waals surface area (Å²) in [6.45, 7) is 0. The highest BCUT2D eigenvalue weighted by Gasteiger charge is 2.14. The smallest absolute Gasteiger partial charge is 0.335 e. The van der Waals surface area contributed by atoms with Crippen LogP contribution in [0.1, 0.15) is 17.7 Å². The van der Waals surface area contributed by atoms with Crippen LogP contribution in [0.2, 0.25) is 0 Å². The Balaban J connectivity index is 2.35. The van der Waals surface area contributed by atoms with Gasteiger partial charge in [0, 0.05) is 11.9 Å². The monoisotopic (exact) mass is 176 g/mol. The molecule has 1 aliphatic rings. The Labute approximate surface area is 74.1 Å². The highest BCUT2D eigenvalue weighted by molar-refractivity contribution is 5.35. The minimum Gasteiger partial charge on any atom is -0.478 e. The normalized spacial score (nSPS) is 15.1. The first-order valence-electron chi connectivity index (χ1n) is 4.27. The summed E-state index contributed by atoms with van der Waals surface area (Å²) in [4.78, 5) is 8.09. The fraction of sp³-hybridized carbons (Fsp3) is 0.375. The lowest BCUT2D eigenvalue weighted by Gasteiger charge is -1.96. The van der Waals surface area contributed by atoms with E-state index in [9.17, 15) is 0 Å². The van der Waals surface area contributed by atoms with E-state index in [4.69, 9.17) is 5.11 Å². The number of aromatic hydroxyl groups is 1. The molecule has 0 fully saturated rings. The first-order valence-corrected chi connectivity index (χ1v) is 4.27. The Kier molecular flexibility index (Phi) is 1.15. The molecule has 1 aliphatic carbocycles. The van der Waals surface area contributed by atoms with Gasteiger partial charge in [0.1, 0.15) is 0 Å². The van der Waals surface area contributed by atoms with Crippen molar-refractivity contribution in [3.8, 4) is 6.01 Å². The van der Waals surface area contributed by atoms with Crippen molar-refractivity contribution in [2.75, 3.05) is 0 Å². The Bertz CT molecular complexity index is 435. The van der Waals surface area contributed by atoms with Crippen molar-refractivity contribution in [3.63, 3.8) is 0 Å². The molecular formula is C8H8N4O. The summed E-state index contributed by atoms with van der Waals surface area (Å²) >= 11 is 0. The molecule has 3 rings (SSSR count). The highest BCUT2D eigenvalue weighted by atomic mass is 16.3. The molecule has 66 valence electrons. The van der Waals surface area contributed by atoms with Crippen LogP contribution in [0.3, 0.4) is 0 Å².